The average molecular weight is 261 g/mol. The second-order valence-corrected chi connectivity index (χ2v) is 4.24. The van der Waals surface area contributed by atoms with Gasteiger partial charge in [0.25, 0.3) is 0 Å². The van der Waals surface area contributed by atoms with Gasteiger partial charge in [0.15, 0.2) is 0 Å². The third-order valence-electron chi connectivity index (χ3n) is 2.57. The lowest BCUT2D eigenvalue weighted by atomic mass is 10.2. The molecule has 1 N–H and O–H groups in total. The largest absolute Gasteiger partial charge is 0.546 e. The van der Waals surface area contributed by atoms with E-state index in [1.807, 2.05) is 0 Å². The van der Waals surface area contributed by atoms with Gasteiger partial charge in [0.1, 0.15) is 12.4 Å². The van der Waals surface area contributed by atoms with Gasteiger partial charge in [-0.25, -0.2) is 5.43 Å². The van der Waals surface area contributed by atoms with E-state index in [9.17, 15) is 14.7 Å². The molecule has 0 radical (unpaired) electrons. The maximum absolute atomic E-state index is 11.3. The summed E-state index contributed by atoms with van der Waals surface area (Å²) in [6, 6.07) is 6.65. The van der Waals surface area contributed by atoms with Gasteiger partial charge in [0, 0.05) is 5.92 Å². The first-order chi connectivity index (χ1) is 9.15. The van der Waals surface area contributed by atoms with Crippen molar-refractivity contribution in [3.8, 4) is 5.75 Å². The first kappa shape index (κ1) is 13.1. The van der Waals surface area contributed by atoms with Crippen molar-refractivity contribution in [3.05, 3.63) is 29.8 Å². The number of hydrogen-bond donors (Lipinski definition) is 1. The molecular weight excluding hydrogens is 248 g/mol. The van der Waals surface area contributed by atoms with E-state index in [-0.39, 0.29) is 11.8 Å². The number of carbonyl (C=O) groups is 2. The summed E-state index contributed by atoms with van der Waals surface area (Å²) in [6.45, 7) is -0.481. The number of benzene rings is 1. The predicted octanol–water partition coefficient (Wildman–Crippen LogP) is -0.325. The minimum atomic E-state index is -1.27. The summed E-state index contributed by atoms with van der Waals surface area (Å²) in [7, 11) is 0. The number of rotatable bonds is 6. The average Bonchev–Trinajstić information content (AvgIpc) is 3.22. The van der Waals surface area contributed by atoms with Crippen molar-refractivity contribution in [2.45, 2.75) is 12.8 Å². The number of carboxylic acid groups (broad SMARTS) is 1. The van der Waals surface area contributed by atoms with Crippen LogP contribution in [0.2, 0.25) is 0 Å². The van der Waals surface area contributed by atoms with Crippen LogP contribution in [0.3, 0.4) is 0 Å². The van der Waals surface area contributed by atoms with E-state index in [1.54, 1.807) is 24.3 Å². The Morgan fingerprint density at radius 3 is 2.63 bits per heavy atom. The van der Waals surface area contributed by atoms with Crippen molar-refractivity contribution in [2.75, 3.05) is 6.61 Å². The predicted molar refractivity (Wildman–Crippen MR) is 65.4 cm³/mol. The van der Waals surface area contributed by atoms with Gasteiger partial charge in [-0.3, -0.25) is 4.79 Å². The van der Waals surface area contributed by atoms with Crippen LogP contribution >= 0.6 is 0 Å². The Morgan fingerprint density at radius 1 is 1.37 bits per heavy atom. The number of aliphatic carboxylic acids is 1. The Hall–Kier alpha value is -2.37. The van der Waals surface area contributed by atoms with Crippen LogP contribution in [-0.4, -0.2) is 24.7 Å². The zero-order chi connectivity index (χ0) is 13.7. The summed E-state index contributed by atoms with van der Waals surface area (Å²) in [5.74, 6) is -0.764. The van der Waals surface area contributed by atoms with Gasteiger partial charge < -0.3 is 14.6 Å². The van der Waals surface area contributed by atoms with Crippen molar-refractivity contribution in [3.63, 3.8) is 0 Å². The molecule has 0 aliphatic heterocycles. The van der Waals surface area contributed by atoms with Gasteiger partial charge in [-0.15, -0.1) is 0 Å². The highest BCUT2D eigenvalue weighted by Crippen LogP contribution is 2.28. The SMILES string of the molecule is O=C([O-])COc1ccc(/C=N\NC(=O)C2CC2)cc1. The highest BCUT2D eigenvalue weighted by atomic mass is 16.5. The summed E-state index contributed by atoms with van der Waals surface area (Å²) in [4.78, 5) is 21.5. The maximum Gasteiger partial charge on any atom is 0.243 e. The van der Waals surface area contributed by atoms with E-state index in [4.69, 9.17) is 4.74 Å². The molecule has 1 fully saturated rings. The number of amides is 1. The Kier molecular flexibility index (Phi) is 4.12. The Labute approximate surface area is 110 Å². The van der Waals surface area contributed by atoms with Crippen molar-refractivity contribution < 1.29 is 19.4 Å². The fourth-order valence-corrected chi connectivity index (χ4v) is 1.40. The summed E-state index contributed by atoms with van der Waals surface area (Å²) in [5, 5.41) is 14.0. The smallest absolute Gasteiger partial charge is 0.243 e. The molecule has 1 aliphatic carbocycles. The Morgan fingerprint density at radius 2 is 2.05 bits per heavy atom. The lowest BCUT2D eigenvalue weighted by Gasteiger charge is -2.06. The van der Waals surface area contributed by atoms with Crippen LogP contribution < -0.4 is 15.3 Å². The van der Waals surface area contributed by atoms with Crippen LogP contribution in [-0.2, 0) is 9.59 Å². The fourth-order valence-electron chi connectivity index (χ4n) is 1.40. The summed E-state index contributed by atoms with van der Waals surface area (Å²) in [6.07, 6.45) is 3.39. The number of hydrazone groups is 1. The zero-order valence-corrected chi connectivity index (χ0v) is 10.2. The second-order valence-electron chi connectivity index (χ2n) is 4.24. The molecule has 1 amide bonds. The summed E-state index contributed by atoms with van der Waals surface area (Å²) in [5.41, 5.74) is 3.24. The molecule has 6 nitrogen and oxygen atoms in total. The van der Waals surface area contributed by atoms with Crippen LogP contribution in [0.1, 0.15) is 18.4 Å². The van der Waals surface area contributed by atoms with Crippen molar-refractivity contribution >= 4 is 18.1 Å². The number of hydrogen-bond acceptors (Lipinski definition) is 5. The number of carbonyl (C=O) groups excluding carboxylic acids is 2. The third-order valence-corrected chi connectivity index (χ3v) is 2.57. The van der Waals surface area contributed by atoms with E-state index in [2.05, 4.69) is 10.5 Å². The quantitative estimate of drug-likeness (QED) is 0.561. The lowest BCUT2D eigenvalue weighted by Crippen LogP contribution is -2.28. The van der Waals surface area contributed by atoms with E-state index in [1.165, 1.54) is 6.21 Å². The van der Waals surface area contributed by atoms with Gasteiger partial charge in [0.2, 0.25) is 5.91 Å². The van der Waals surface area contributed by atoms with Crippen molar-refractivity contribution in [2.24, 2.45) is 11.0 Å². The topological polar surface area (TPSA) is 90.8 Å². The molecule has 6 heteroatoms. The molecule has 1 aromatic carbocycles. The van der Waals surface area contributed by atoms with Gasteiger partial charge in [-0.2, -0.15) is 5.10 Å². The van der Waals surface area contributed by atoms with Crippen LogP contribution in [0.25, 0.3) is 0 Å². The number of nitrogens with one attached hydrogen (secondary N) is 1. The molecule has 1 aliphatic rings. The highest BCUT2D eigenvalue weighted by molar-refractivity contribution is 5.84. The molecule has 100 valence electrons. The van der Waals surface area contributed by atoms with E-state index in [0.29, 0.717) is 5.75 Å². The molecule has 0 spiro atoms. The van der Waals surface area contributed by atoms with E-state index < -0.39 is 12.6 Å². The summed E-state index contributed by atoms with van der Waals surface area (Å²) >= 11 is 0. The molecule has 0 heterocycles. The molecular formula is C13H13N2O4-. The van der Waals surface area contributed by atoms with E-state index in [0.717, 1.165) is 18.4 Å². The van der Waals surface area contributed by atoms with Crippen molar-refractivity contribution in [1.29, 1.82) is 0 Å². The van der Waals surface area contributed by atoms with Gasteiger partial charge in [0.05, 0.1) is 12.2 Å². The first-order valence-electron chi connectivity index (χ1n) is 5.91. The molecule has 1 saturated carbocycles. The zero-order valence-electron chi connectivity index (χ0n) is 10.2. The standard InChI is InChI=1S/C13H14N2O4/c16-12(17)8-19-11-5-1-9(2-6-11)7-14-15-13(18)10-3-4-10/h1-2,5-7,10H,3-4,8H2,(H,15,18)(H,16,17)/p-1/b14-7-. The molecule has 0 saturated heterocycles. The third kappa shape index (κ3) is 4.42. The highest BCUT2D eigenvalue weighted by Gasteiger charge is 2.29. The Balaban J connectivity index is 1.81. The van der Waals surface area contributed by atoms with Gasteiger partial charge in [-0.05, 0) is 42.7 Å². The second kappa shape index (κ2) is 5.99. The maximum atomic E-state index is 11.3. The monoisotopic (exact) mass is 261 g/mol. The number of ether oxygens (including phenoxy) is 1. The molecule has 1 aromatic rings. The van der Waals surface area contributed by atoms with Gasteiger partial charge in [-0.1, -0.05) is 0 Å². The van der Waals surface area contributed by atoms with Crippen molar-refractivity contribution in [1.82, 2.24) is 5.43 Å². The van der Waals surface area contributed by atoms with Crippen LogP contribution in [0.5, 0.6) is 5.75 Å². The minimum Gasteiger partial charge on any atom is -0.546 e. The molecule has 0 bridgehead atoms. The van der Waals surface area contributed by atoms with Crippen LogP contribution in [0, 0.1) is 5.92 Å². The lowest BCUT2D eigenvalue weighted by molar-refractivity contribution is -0.307. The minimum absolute atomic E-state index is 0.0508. The van der Waals surface area contributed by atoms with Crippen LogP contribution in [0.15, 0.2) is 29.4 Å². The molecule has 0 unspecified atom stereocenters. The first-order valence-corrected chi connectivity index (χ1v) is 5.91. The molecule has 0 atom stereocenters. The normalized spacial score (nSPS) is 14.3. The van der Waals surface area contributed by atoms with Crippen LogP contribution in [0.4, 0.5) is 0 Å². The molecule has 0 aromatic heterocycles. The molecule has 2 rings (SSSR count). The fraction of sp³-hybridized carbons (Fsp3) is 0.308. The van der Waals surface area contributed by atoms with Gasteiger partial charge >= 0.3 is 0 Å². The number of carboxylic acids is 1. The Bertz CT molecular complexity index is 492. The summed E-state index contributed by atoms with van der Waals surface area (Å²) < 4.78 is 4.93. The molecule has 19 heavy (non-hydrogen) atoms. The van der Waals surface area contributed by atoms with E-state index >= 15 is 0 Å². The number of nitrogens with zero attached hydrogens (tertiary/aromatic N) is 1.